The molecule has 0 aliphatic heterocycles. The van der Waals surface area contributed by atoms with E-state index >= 15 is 0 Å². The number of benzene rings is 1. The van der Waals surface area contributed by atoms with E-state index in [-0.39, 0.29) is 39.4 Å². The van der Waals surface area contributed by atoms with Gasteiger partial charge in [-0.25, -0.2) is 14.8 Å². The summed E-state index contributed by atoms with van der Waals surface area (Å²) in [6, 6.07) is 6.90. The summed E-state index contributed by atoms with van der Waals surface area (Å²) in [5.41, 5.74) is -3.29. The number of ether oxygens (including phenoxy) is 1. The molecule has 1 aromatic carbocycles. The molecule has 3 rings (SSSR count). The minimum atomic E-state index is -4.41. The van der Waals surface area contributed by atoms with Crippen LogP contribution in [0.5, 0.6) is 0 Å². The summed E-state index contributed by atoms with van der Waals surface area (Å²) in [5.74, 6) is -0.446. The van der Waals surface area contributed by atoms with Gasteiger partial charge in [-0.2, -0.15) is 13.2 Å². The first-order chi connectivity index (χ1) is 12.7. The van der Waals surface area contributed by atoms with Gasteiger partial charge in [0.1, 0.15) is 11.4 Å². The van der Waals surface area contributed by atoms with Crippen molar-refractivity contribution in [1.29, 1.82) is 0 Å². The monoisotopic (exact) mass is 395 g/mol. The van der Waals surface area contributed by atoms with E-state index in [9.17, 15) is 22.8 Å². The van der Waals surface area contributed by atoms with E-state index in [4.69, 9.17) is 4.74 Å². The molecule has 0 spiro atoms. The van der Waals surface area contributed by atoms with Crippen molar-refractivity contribution in [2.75, 3.05) is 7.11 Å². The van der Waals surface area contributed by atoms with Crippen LogP contribution in [0.1, 0.15) is 20.8 Å². The van der Waals surface area contributed by atoms with Gasteiger partial charge >= 0.3 is 11.5 Å². The van der Waals surface area contributed by atoms with Crippen LogP contribution in [-0.4, -0.2) is 39.4 Å². The summed E-state index contributed by atoms with van der Waals surface area (Å²) in [5, 5.41) is 0. The minimum Gasteiger partial charge on any atom is -0.465 e. The number of carbonyl (C=O) groups excluding carboxylic acids is 2. The number of methoxy groups -OCH3 is 1. The van der Waals surface area contributed by atoms with Gasteiger partial charge in [0, 0.05) is 11.9 Å². The summed E-state index contributed by atoms with van der Waals surface area (Å²) in [7, 11) is 2.84. The lowest BCUT2D eigenvalue weighted by atomic mass is 10.1. The van der Waals surface area contributed by atoms with Crippen molar-refractivity contribution in [1.82, 2.24) is 14.5 Å². The highest BCUT2D eigenvalue weighted by Crippen LogP contribution is 2.38. The molecule has 0 N–H and O–H groups in total. The minimum absolute atomic E-state index is 0.0116. The summed E-state index contributed by atoms with van der Waals surface area (Å²) in [6.45, 7) is 0. The van der Waals surface area contributed by atoms with Gasteiger partial charge in [0.05, 0.1) is 23.7 Å². The van der Waals surface area contributed by atoms with Crippen LogP contribution in [0.2, 0.25) is 0 Å². The number of imidazole rings is 1. The predicted octanol–water partition coefficient (Wildman–Crippen LogP) is 3.85. The highest BCUT2D eigenvalue weighted by molar-refractivity contribution is 8.00. The smallest absolute Gasteiger partial charge is 0.446 e. The number of carbonyl (C=O) groups is 2. The number of hydrogen-bond acceptors (Lipinski definition) is 6. The van der Waals surface area contributed by atoms with Gasteiger partial charge in [-0.15, -0.1) is 0 Å². The van der Waals surface area contributed by atoms with Crippen LogP contribution < -0.4 is 0 Å². The fraction of sp³-hybridized carbons (Fsp3) is 0.176. The molecule has 0 saturated heterocycles. The van der Waals surface area contributed by atoms with Gasteiger partial charge in [0.2, 0.25) is 0 Å². The Morgan fingerprint density at radius 1 is 1.22 bits per heavy atom. The molecule has 0 saturated carbocycles. The molecule has 0 aliphatic rings. The molecular formula is C17H12F3N3O3S. The van der Waals surface area contributed by atoms with Crippen LogP contribution in [0.15, 0.2) is 35.2 Å². The first kappa shape index (κ1) is 18.9. The molecule has 6 nitrogen and oxygen atoms in total. The highest BCUT2D eigenvalue weighted by atomic mass is 32.2. The summed E-state index contributed by atoms with van der Waals surface area (Å²) in [6.07, 6.45) is 0.519. The van der Waals surface area contributed by atoms with E-state index in [2.05, 4.69) is 9.97 Å². The zero-order chi connectivity index (χ0) is 19.8. The molecule has 0 unspecified atom stereocenters. The van der Waals surface area contributed by atoms with Gasteiger partial charge in [-0.05, 0) is 42.1 Å². The molecule has 27 heavy (non-hydrogen) atoms. The lowest BCUT2D eigenvalue weighted by Crippen LogP contribution is -2.08. The molecule has 10 heteroatoms. The summed E-state index contributed by atoms with van der Waals surface area (Å²) < 4.78 is 44.1. The predicted molar refractivity (Wildman–Crippen MR) is 92.6 cm³/mol. The Bertz CT molecular complexity index is 1050. The Balaban J connectivity index is 2.18. The van der Waals surface area contributed by atoms with Crippen molar-refractivity contribution in [3.8, 4) is 11.5 Å². The van der Waals surface area contributed by atoms with E-state index in [1.54, 1.807) is 11.6 Å². The third-order valence-corrected chi connectivity index (χ3v) is 4.46. The second-order valence-corrected chi connectivity index (χ2v) is 6.57. The molecule has 140 valence electrons. The number of rotatable bonds is 4. The zero-order valence-electron chi connectivity index (χ0n) is 14.1. The maximum absolute atomic E-state index is 12.6. The molecule has 0 amide bonds. The van der Waals surface area contributed by atoms with E-state index in [0.717, 1.165) is 0 Å². The number of hydrogen-bond donors (Lipinski definition) is 0. The van der Waals surface area contributed by atoms with Crippen molar-refractivity contribution in [3.05, 3.63) is 41.6 Å². The molecule has 0 bridgehead atoms. The Hall–Kier alpha value is -2.88. The summed E-state index contributed by atoms with van der Waals surface area (Å²) >= 11 is -0.241. The van der Waals surface area contributed by atoms with E-state index in [1.165, 1.54) is 37.4 Å². The van der Waals surface area contributed by atoms with Crippen LogP contribution in [-0.2, 0) is 11.8 Å². The fourth-order valence-corrected chi connectivity index (χ4v) is 3.15. The van der Waals surface area contributed by atoms with Crippen molar-refractivity contribution in [3.63, 3.8) is 0 Å². The highest BCUT2D eigenvalue weighted by Gasteiger charge is 2.29. The number of aldehydes is 1. The number of halogens is 3. The van der Waals surface area contributed by atoms with Gasteiger partial charge < -0.3 is 9.30 Å². The van der Waals surface area contributed by atoms with Gasteiger partial charge in [-0.3, -0.25) is 4.79 Å². The van der Waals surface area contributed by atoms with Crippen molar-refractivity contribution < 1.29 is 27.5 Å². The maximum atomic E-state index is 12.6. The zero-order valence-corrected chi connectivity index (χ0v) is 14.9. The molecule has 0 aliphatic carbocycles. The number of nitrogens with zero attached hydrogens (tertiary/aromatic N) is 3. The quantitative estimate of drug-likeness (QED) is 0.380. The Morgan fingerprint density at radius 2 is 1.96 bits per heavy atom. The molecule has 2 heterocycles. The molecular weight excluding hydrogens is 383 g/mol. The molecule has 3 aromatic rings. The number of aromatic nitrogens is 3. The lowest BCUT2D eigenvalue weighted by Gasteiger charge is -2.08. The fourth-order valence-electron chi connectivity index (χ4n) is 2.57. The van der Waals surface area contributed by atoms with Crippen LogP contribution >= 0.6 is 11.8 Å². The number of esters is 1. The van der Waals surface area contributed by atoms with Crippen LogP contribution in [0.4, 0.5) is 13.2 Å². The number of alkyl halides is 3. The average Bonchev–Trinajstić information content (AvgIpc) is 2.95. The SMILES string of the molecule is COC(=O)c1ccc(C=O)nc1-c1nc2cc(SC(F)(F)F)ccc2n1C. The first-order valence-electron chi connectivity index (χ1n) is 7.50. The van der Waals surface area contributed by atoms with Gasteiger partial charge in [-0.1, -0.05) is 0 Å². The normalized spacial score (nSPS) is 11.6. The molecule has 0 fully saturated rings. The van der Waals surface area contributed by atoms with E-state index < -0.39 is 11.5 Å². The van der Waals surface area contributed by atoms with Gasteiger partial charge in [0.15, 0.2) is 12.1 Å². The summed E-state index contributed by atoms with van der Waals surface area (Å²) in [4.78, 5) is 31.5. The van der Waals surface area contributed by atoms with E-state index in [0.29, 0.717) is 17.3 Å². The number of thioether (sulfide) groups is 1. The number of aryl methyl sites for hydroxylation is 1. The molecule has 0 radical (unpaired) electrons. The van der Waals surface area contributed by atoms with E-state index in [1.807, 2.05) is 0 Å². The average molecular weight is 395 g/mol. The molecule has 2 aromatic heterocycles. The second kappa shape index (κ2) is 7.03. The van der Waals surface area contributed by atoms with Crippen LogP contribution in [0.25, 0.3) is 22.6 Å². The Morgan fingerprint density at radius 3 is 2.59 bits per heavy atom. The third-order valence-electron chi connectivity index (χ3n) is 3.74. The second-order valence-electron chi connectivity index (χ2n) is 5.43. The van der Waals surface area contributed by atoms with Crippen molar-refractivity contribution in [2.45, 2.75) is 10.4 Å². The topological polar surface area (TPSA) is 74.1 Å². The standard InChI is InChI=1S/C17H12F3N3O3S/c1-23-13-6-4-10(27-17(18,19)20)7-12(13)22-15(23)14-11(16(25)26-2)5-3-9(8-24)21-14/h3-8H,1-2H3. The third kappa shape index (κ3) is 3.80. The van der Waals surface area contributed by atoms with Gasteiger partial charge in [0.25, 0.3) is 0 Å². The van der Waals surface area contributed by atoms with Crippen molar-refractivity contribution in [2.24, 2.45) is 7.05 Å². The van der Waals surface area contributed by atoms with Crippen LogP contribution in [0, 0.1) is 0 Å². The maximum Gasteiger partial charge on any atom is 0.446 e. The van der Waals surface area contributed by atoms with Crippen molar-refractivity contribution >= 4 is 35.1 Å². The van der Waals surface area contributed by atoms with Crippen LogP contribution in [0.3, 0.4) is 0 Å². The molecule has 0 atom stereocenters. The Labute approximate surface area is 155 Å². The largest absolute Gasteiger partial charge is 0.465 e. The first-order valence-corrected chi connectivity index (χ1v) is 8.32. The lowest BCUT2D eigenvalue weighted by molar-refractivity contribution is -0.0328. The number of pyridine rings is 1. The number of fused-ring (bicyclic) bond motifs is 1. The Kier molecular flexibility index (Phi) is 4.92.